The van der Waals surface area contributed by atoms with Crippen molar-refractivity contribution in [3.8, 4) is 17.2 Å². The summed E-state index contributed by atoms with van der Waals surface area (Å²) < 4.78 is 61.9. The molecule has 0 fully saturated rings. The lowest BCUT2D eigenvalue weighted by Gasteiger charge is -2.31. The van der Waals surface area contributed by atoms with Gasteiger partial charge in [-0.15, -0.1) is 0 Å². The largest absolute Gasteiger partial charge is 0.493 e. The van der Waals surface area contributed by atoms with Crippen molar-refractivity contribution in [2.45, 2.75) is 18.6 Å². The zero-order valence-electron chi connectivity index (χ0n) is 16.6. The van der Waals surface area contributed by atoms with Crippen molar-refractivity contribution in [3.63, 3.8) is 0 Å². The number of rotatable bonds is 6. The van der Waals surface area contributed by atoms with Gasteiger partial charge in [-0.2, -0.15) is 13.2 Å². The van der Waals surface area contributed by atoms with E-state index in [1.807, 2.05) is 5.32 Å². The molecule has 2 N–H and O–H groups in total. The van der Waals surface area contributed by atoms with E-state index in [2.05, 4.69) is 4.74 Å². The van der Waals surface area contributed by atoms with Crippen LogP contribution in [0, 0.1) is 0 Å². The Morgan fingerprint density at radius 2 is 1.57 bits per heavy atom. The van der Waals surface area contributed by atoms with Gasteiger partial charge in [0, 0.05) is 11.3 Å². The first-order chi connectivity index (χ1) is 14.0. The van der Waals surface area contributed by atoms with E-state index in [1.165, 1.54) is 21.3 Å². The Bertz CT molecular complexity index is 902. The van der Waals surface area contributed by atoms with Crippen LogP contribution in [0.5, 0.6) is 17.2 Å². The molecule has 0 spiro atoms. The highest BCUT2D eigenvalue weighted by Crippen LogP contribution is 2.42. The summed E-state index contributed by atoms with van der Waals surface area (Å²) >= 11 is 0. The van der Waals surface area contributed by atoms with Crippen molar-refractivity contribution in [1.29, 1.82) is 0 Å². The van der Waals surface area contributed by atoms with Crippen LogP contribution in [0.15, 0.2) is 23.4 Å². The number of allylic oxidation sites excluding steroid dienone is 1. The van der Waals surface area contributed by atoms with Gasteiger partial charge in [0.05, 0.1) is 28.4 Å². The van der Waals surface area contributed by atoms with E-state index in [9.17, 15) is 27.6 Å². The molecule has 0 unspecified atom stereocenters. The number of carbonyl (C=O) groups is 3. The van der Waals surface area contributed by atoms with Crippen molar-refractivity contribution in [3.05, 3.63) is 29.0 Å². The van der Waals surface area contributed by atoms with Gasteiger partial charge in [0.2, 0.25) is 11.3 Å². The Hall–Kier alpha value is -3.44. The molecule has 2 rings (SSSR count). The summed E-state index contributed by atoms with van der Waals surface area (Å²) in [7, 11) is 4.66. The highest BCUT2D eigenvalue weighted by molar-refractivity contribution is 6.11. The van der Waals surface area contributed by atoms with Crippen LogP contribution in [0.25, 0.3) is 0 Å². The number of methoxy groups -OCH3 is 4. The molecule has 0 bridgehead atoms. The average molecular weight is 432 g/mol. The van der Waals surface area contributed by atoms with Crippen molar-refractivity contribution in [1.82, 2.24) is 10.6 Å². The number of amides is 2. The number of benzene rings is 1. The predicted octanol–water partition coefficient (Wildman–Crippen LogP) is 1.32. The fraction of sp³-hybridized carbons (Fsp3) is 0.389. The first kappa shape index (κ1) is 22.8. The lowest BCUT2D eigenvalue weighted by molar-refractivity contribution is -0.188. The lowest BCUT2D eigenvalue weighted by Crippen LogP contribution is -2.66. The minimum atomic E-state index is -5.37. The molecular weight excluding hydrogens is 413 g/mol. The van der Waals surface area contributed by atoms with Gasteiger partial charge in [0.1, 0.15) is 5.57 Å². The number of esters is 1. The smallest absolute Gasteiger partial charge is 0.425 e. The van der Waals surface area contributed by atoms with Crippen LogP contribution < -0.4 is 24.8 Å². The van der Waals surface area contributed by atoms with Gasteiger partial charge in [0.25, 0.3) is 11.8 Å². The third kappa shape index (κ3) is 3.48. The van der Waals surface area contributed by atoms with E-state index in [0.29, 0.717) is 0 Å². The molecule has 1 aliphatic rings. The van der Waals surface area contributed by atoms with Crippen molar-refractivity contribution < 1.29 is 46.5 Å². The van der Waals surface area contributed by atoms with E-state index in [4.69, 9.17) is 14.2 Å². The monoisotopic (exact) mass is 432 g/mol. The zero-order chi connectivity index (χ0) is 22.9. The van der Waals surface area contributed by atoms with Gasteiger partial charge in [-0.25, -0.2) is 4.79 Å². The summed E-state index contributed by atoms with van der Waals surface area (Å²) in [5.41, 5.74) is -5.45. The standard InChI is InChI=1S/C18H19F3N2O7/c1-8-12(15(25)30-5)17(16(26)22-8,18(19,20)21)23-14(24)9-6-10(27-2)13(29-4)11(7-9)28-3/h6-7H,1-5H3,(H,22,26)(H,23,24)/t17-/m1/s1. The lowest BCUT2D eigenvalue weighted by atomic mass is 9.88. The first-order valence-electron chi connectivity index (χ1n) is 8.28. The summed E-state index contributed by atoms with van der Waals surface area (Å²) in [4.78, 5) is 37.2. The summed E-state index contributed by atoms with van der Waals surface area (Å²) in [6.07, 6.45) is -5.37. The van der Waals surface area contributed by atoms with Crippen LogP contribution in [0.3, 0.4) is 0 Å². The van der Waals surface area contributed by atoms with Gasteiger partial charge in [-0.3, -0.25) is 9.59 Å². The summed E-state index contributed by atoms with van der Waals surface area (Å²) in [6, 6.07) is 2.20. The SMILES string of the molecule is COC(=O)C1=C(C)NC(=O)[C@@]1(NC(=O)c1cc(OC)c(OC)c(OC)c1)C(F)(F)F. The van der Waals surface area contributed by atoms with E-state index in [-0.39, 0.29) is 22.8 Å². The van der Waals surface area contributed by atoms with E-state index < -0.39 is 40.8 Å². The normalized spacial score (nSPS) is 18.6. The molecule has 0 saturated heterocycles. The minimum absolute atomic E-state index is 0.00107. The Morgan fingerprint density at radius 1 is 1.03 bits per heavy atom. The molecule has 1 heterocycles. The second-order valence-corrected chi connectivity index (χ2v) is 6.06. The Labute approximate surface area is 169 Å². The number of nitrogens with one attached hydrogen (secondary N) is 2. The van der Waals surface area contributed by atoms with Crippen molar-refractivity contribution in [2.24, 2.45) is 0 Å². The maximum atomic E-state index is 14.1. The van der Waals surface area contributed by atoms with Gasteiger partial charge in [-0.1, -0.05) is 0 Å². The summed E-state index contributed by atoms with van der Waals surface area (Å²) in [5.74, 6) is -4.29. The maximum absolute atomic E-state index is 14.1. The Kier molecular flexibility index (Phi) is 6.19. The average Bonchev–Trinajstić information content (AvgIpc) is 2.96. The van der Waals surface area contributed by atoms with Crippen LogP contribution in [-0.4, -0.2) is 57.9 Å². The van der Waals surface area contributed by atoms with Gasteiger partial charge >= 0.3 is 12.1 Å². The van der Waals surface area contributed by atoms with Crippen LogP contribution >= 0.6 is 0 Å². The summed E-state index contributed by atoms with van der Waals surface area (Å²) in [5, 5.41) is 3.58. The molecule has 9 nitrogen and oxygen atoms in total. The van der Waals surface area contributed by atoms with Gasteiger partial charge in [-0.05, 0) is 19.1 Å². The molecule has 0 saturated carbocycles. The fourth-order valence-electron chi connectivity index (χ4n) is 3.04. The molecular formula is C18H19F3N2O7. The third-order valence-electron chi connectivity index (χ3n) is 4.43. The van der Waals surface area contributed by atoms with E-state index in [0.717, 1.165) is 26.2 Å². The molecule has 0 radical (unpaired) electrons. The number of alkyl halides is 3. The van der Waals surface area contributed by atoms with Crippen molar-refractivity contribution in [2.75, 3.05) is 28.4 Å². The van der Waals surface area contributed by atoms with Crippen molar-refractivity contribution >= 4 is 17.8 Å². The molecule has 1 aromatic rings. The molecule has 0 aromatic heterocycles. The number of hydrogen-bond acceptors (Lipinski definition) is 7. The van der Waals surface area contributed by atoms with Crippen LogP contribution in [0.2, 0.25) is 0 Å². The molecule has 1 aromatic carbocycles. The molecule has 2 amide bonds. The Balaban J connectivity index is 2.63. The zero-order valence-corrected chi connectivity index (χ0v) is 16.6. The number of ether oxygens (including phenoxy) is 4. The van der Waals surface area contributed by atoms with E-state index >= 15 is 0 Å². The Morgan fingerprint density at radius 3 is 1.97 bits per heavy atom. The third-order valence-corrected chi connectivity index (χ3v) is 4.43. The maximum Gasteiger partial charge on any atom is 0.425 e. The van der Waals surface area contributed by atoms with Crippen LogP contribution in [0.1, 0.15) is 17.3 Å². The predicted molar refractivity (Wildman–Crippen MR) is 95.2 cm³/mol. The van der Waals surface area contributed by atoms with Gasteiger partial charge in [0.15, 0.2) is 11.5 Å². The van der Waals surface area contributed by atoms with Gasteiger partial charge < -0.3 is 29.6 Å². The van der Waals surface area contributed by atoms with Crippen LogP contribution in [0.4, 0.5) is 13.2 Å². The molecule has 0 aliphatic carbocycles. The highest BCUT2D eigenvalue weighted by Gasteiger charge is 2.69. The topological polar surface area (TPSA) is 112 Å². The molecule has 30 heavy (non-hydrogen) atoms. The number of halogens is 3. The second-order valence-electron chi connectivity index (χ2n) is 6.06. The van der Waals surface area contributed by atoms with Crippen LogP contribution in [-0.2, 0) is 14.3 Å². The quantitative estimate of drug-likeness (QED) is 0.652. The molecule has 1 atom stereocenters. The first-order valence-corrected chi connectivity index (χ1v) is 8.28. The number of carbonyl (C=O) groups excluding carboxylic acids is 3. The molecule has 1 aliphatic heterocycles. The second kappa shape index (κ2) is 8.13. The molecule has 12 heteroatoms. The molecule has 164 valence electrons. The van der Waals surface area contributed by atoms with E-state index in [1.54, 1.807) is 5.32 Å². The summed E-state index contributed by atoms with van der Waals surface area (Å²) in [6.45, 7) is 1.09. The highest BCUT2D eigenvalue weighted by atomic mass is 19.4. The minimum Gasteiger partial charge on any atom is -0.493 e. The fourth-order valence-corrected chi connectivity index (χ4v) is 3.04. The number of hydrogen-bond donors (Lipinski definition) is 2.